The number of nitrogens with zero attached hydrogens (tertiary/aromatic N) is 3. The van der Waals surface area contributed by atoms with Crippen molar-refractivity contribution in [3.63, 3.8) is 0 Å². The van der Waals surface area contributed by atoms with Crippen molar-refractivity contribution in [3.8, 4) is 6.07 Å². The largest absolute Gasteiger partial charge is 0.365 e. The number of nitrogens with one attached hydrogen (secondary N) is 1. The monoisotopic (exact) mass is 230 g/mol. The van der Waals surface area contributed by atoms with Crippen LogP contribution in [0, 0.1) is 17.2 Å². The van der Waals surface area contributed by atoms with Gasteiger partial charge in [-0.3, -0.25) is 0 Å². The molecule has 0 aromatic carbocycles. The van der Waals surface area contributed by atoms with Crippen LogP contribution in [0.4, 0.5) is 5.82 Å². The van der Waals surface area contributed by atoms with E-state index in [4.69, 9.17) is 5.26 Å². The summed E-state index contributed by atoms with van der Waals surface area (Å²) in [6.45, 7) is 2.31. The summed E-state index contributed by atoms with van der Waals surface area (Å²) >= 11 is 0. The van der Waals surface area contributed by atoms with Gasteiger partial charge in [0.05, 0.1) is 11.8 Å². The van der Waals surface area contributed by atoms with Crippen LogP contribution in [0.5, 0.6) is 0 Å². The molecule has 1 aliphatic rings. The molecule has 0 spiro atoms. The zero-order chi connectivity index (χ0) is 12.1. The molecule has 1 aliphatic carbocycles. The van der Waals surface area contributed by atoms with E-state index in [0.717, 1.165) is 18.8 Å². The molecular formula is C13H18N4. The van der Waals surface area contributed by atoms with Gasteiger partial charge in [0.25, 0.3) is 0 Å². The third-order valence-electron chi connectivity index (χ3n) is 3.44. The van der Waals surface area contributed by atoms with Crippen molar-refractivity contribution >= 4 is 5.82 Å². The fraction of sp³-hybridized carbons (Fsp3) is 0.615. The van der Waals surface area contributed by atoms with Crippen LogP contribution in [0.2, 0.25) is 0 Å². The fourth-order valence-electron chi connectivity index (χ4n) is 2.35. The first-order chi connectivity index (χ1) is 8.29. The normalized spacial score (nSPS) is 24.7. The van der Waals surface area contributed by atoms with Gasteiger partial charge in [0.1, 0.15) is 6.07 Å². The topological polar surface area (TPSA) is 61.6 Å². The molecule has 4 heteroatoms. The standard InChI is InChI=1S/C13H18N4/c1-10-3-2-4-12(6-5-10)16-13-11(9-14)7-8-15-17-13/h7-8,10,12H,2-6H2,1H3,(H,16,17). The molecule has 17 heavy (non-hydrogen) atoms. The van der Waals surface area contributed by atoms with Crippen molar-refractivity contribution in [2.45, 2.75) is 45.1 Å². The first-order valence-corrected chi connectivity index (χ1v) is 6.28. The van der Waals surface area contributed by atoms with Crippen LogP contribution >= 0.6 is 0 Å². The molecule has 1 aromatic heterocycles. The summed E-state index contributed by atoms with van der Waals surface area (Å²) in [6.07, 6.45) is 7.68. The molecule has 2 atom stereocenters. The summed E-state index contributed by atoms with van der Waals surface area (Å²) in [7, 11) is 0. The molecule has 0 bridgehead atoms. The maximum Gasteiger partial charge on any atom is 0.166 e. The molecule has 2 rings (SSSR count). The van der Waals surface area contributed by atoms with Crippen molar-refractivity contribution in [1.82, 2.24) is 10.2 Å². The highest BCUT2D eigenvalue weighted by molar-refractivity contribution is 5.50. The maximum absolute atomic E-state index is 8.99. The number of hydrogen-bond acceptors (Lipinski definition) is 4. The SMILES string of the molecule is CC1CCCC(Nc2nnccc2C#N)CC1. The van der Waals surface area contributed by atoms with Gasteiger partial charge in [-0.05, 0) is 31.2 Å². The summed E-state index contributed by atoms with van der Waals surface area (Å²) in [4.78, 5) is 0. The van der Waals surface area contributed by atoms with Crippen LogP contribution in [0.25, 0.3) is 0 Å². The Labute approximate surface area is 102 Å². The second-order valence-corrected chi connectivity index (χ2v) is 4.86. The van der Waals surface area contributed by atoms with Gasteiger partial charge >= 0.3 is 0 Å². The Kier molecular flexibility index (Phi) is 3.92. The van der Waals surface area contributed by atoms with E-state index < -0.39 is 0 Å². The molecule has 1 aromatic rings. The summed E-state index contributed by atoms with van der Waals surface area (Å²) < 4.78 is 0. The maximum atomic E-state index is 8.99. The van der Waals surface area contributed by atoms with Crippen molar-refractivity contribution in [2.24, 2.45) is 5.92 Å². The van der Waals surface area contributed by atoms with E-state index >= 15 is 0 Å². The Morgan fingerprint density at radius 3 is 3.06 bits per heavy atom. The molecule has 2 unspecified atom stereocenters. The molecule has 0 aliphatic heterocycles. The van der Waals surface area contributed by atoms with Crippen molar-refractivity contribution in [1.29, 1.82) is 5.26 Å². The van der Waals surface area contributed by atoms with Crippen molar-refractivity contribution < 1.29 is 0 Å². The Bertz CT molecular complexity index is 410. The number of hydrogen-bond donors (Lipinski definition) is 1. The average Bonchev–Trinajstić information content (AvgIpc) is 2.55. The van der Waals surface area contributed by atoms with Crippen LogP contribution in [0.15, 0.2) is 12.3 Å². The number of anilines is 1. The summed E-state index contributed by atoms with van der Waals surface area (Å²) in [5.74, 6) is 1.45. The smallest absolute Gasteiger partial charge is 0.166 e. The Morgan fingerprint density at radius 1 is 1.35 bits per heavy atom. The first kappa shape index (κ1) is 11.8. The van der Waals surface area contributed by atoms with Crippen molar-refractivity contribution in [3.05, 3.63) is 17.8 Å². The quantitative estimate of drug-likeness (QED) is 0.793. The molecule has 0 radical (unpaired) electrons. The number of rotatable bonds is 2. The highest BCUT2D eigenvalue weighted by Crippen LogP contribution is 2.25. The lowest BCUT2D eigenvalue weighted by molar-refractivity contribution is 0.501. The lowest BCUT2D eigenvalue weighted by Crippen LogP contribution is -2.20. The summed E-state index contributed by atoms with van der Waals surface area (Å²) in [6, 6.07) is 4.28. The van der Waals surface area contributed by atoms with E-state index in [0.29, 0.717) is 17.4 Å². The third kappa shape index (κ3) is 3.16. The Balaban J connectivity index is 2.03. The lowest BCUT2D eigenvalue weighted by atomic mass is 10.0. The number of aromatic nitrogens is 2. The second-order valence-electron chi connectivity index (χ2n) is 4.86. The van der Waals surface area contributed by atoms with Gasteiger partial charge in [0.2, 0.25) is 0 Å². The molecule has 1 fully saturated rings. The van der Waals surface area contributed by atoms with E-state index in [1.807, 2.05) is 0 Å². The molecule has 90 valence electrons. The highest BCUT2D eigenvalue weighted by atomic mass is 15.2. The van der Waals surface area contributed by atoms with Gasteiger partial charge in [0, 0.05) is 6.04 Å². The third-order valence-corrected chi connectivity index (χ3v) is 3.44. The van der Waals surface area contributed by atoms with E-state index in [9.17, 15) is 0 Å². The predicted molar refractivity (Wildman–Crippen MR) is 66.4 cm³/mol. The van der Waals surface area contributed by atoms with E-state index in [1.165, 1.54) is 19.3 Å². The molecule has 0 amide bonds. The Hall–Kier alpha value is -1.63. The van der Waals surface area contributed by atoms with Crippen LogP contribution in [0.3, 0.4) is 0 Å². The molecule has 1 saturated carbocycles. The van der Waals surface area contributed by atoms with Gasteiger partial charge in [0.15, 0.2) is 5.82 Å². The summed E-state index contributed by atoms with van der Waals surface area (Å²) in [5.41, 5.74) is 0.581. The van der Waals surface area contributed by atoms with Gasteiger partial charge in [-0.15, -0.1) is 5.10 Å². The van der Waals surface area contributed by atoms with Crippen LogP contribution in [0.1, 0.15) is 44.6 Å². The van der Waals surface area contributed by atoms with Crippen molar-refractivity contribution in [2.75, 3.05) is 5.32 Å². The number of nitriles is 1. The van der Waals surface area contributed by atoms with E-state index in [-0.39, 0.29) is 0 Å². The zero-order valence-electron chi connectivity index (χ0n) is 10.2. The van der Waals surface area contributed by atoms with Gasteiger partial charge in [-0.2, -0.15) is 10.4 Å². The molecular weight excluding hydrogens is 212 g/mol. The second kappa shape index (κ2) is 5.62. The molecule has 0 saturated heterocycles. The van der Waals surface area contributed by atoms with Gasteiger partial charge in [-0.1, -0.05) is 19.8 Å². The van der Waals surface area contributed by atoms with Crippen LogP contribution in [-0.4, -0.2) is 16.2 Å². The van der Waals surface area contributed by atoms with Crippen LogP contribution in [-0.2, 0) is 0 Å². The first-order valence-electron chi connectivity index (χ1n) is 6.28. The fourth-order valence-corrected chi connectivity index (χ4v) is 2.35. The molecule has 1 heterocycles. The van der Waals surface area contributed by atoms with Gasteiger partial charge in [-0.25, -0.2) is 0 Å². The molecule has 1 N–H and O–H groups in total. The summed E-state index contributed by atoms with van der Waals surface area (Å²) in [5, 5.41) is 20.2. The van der Waals surface area contributed by atoms with Crippen LogP contribution < -0.4 is 5.32 Å². The zero-order valence-corrected chi connectivity index (χ0v) is 10.2. The lowest BCUT2D eigenvalue weighted by Gasteiger charge is -2.17. The molecule has 4 nitrogen and oxygen atoms in total. The van der Waals surface area contributed by atoms with Gasteiger partial charge < -0.3 is 5.32 Å². The highest BCUT2D eigenvalue weighted by Gasteiger charge is 2.17. The van der Waals surface area contributed by atoms with E-state index in [2.05, 4.69) is 28.5 Å². The Morgan fingerprint density at radius 2 is 2.24 bits per heavy atom. The minimum Gasteiger partial charge on any atom is -0.365 e. The predicted octanol–water partition coefficient (Wildman–Crippen LogP) is 2.73. The van der Waals surface area contributed by atoms with E-state index in [1.54, 1.807) is 12.3 Å². The minimum atomic E-state index is 0.434. The minimum absolute atomic E-state index is 0.434. The average molecular weight is 230 g/mol.